The lowest BCUT2D eigenvalue weighted by atomic mass is 10.2. The number of nitrogens with zero attached hydrogens (tertiary/aromatic N) is 2. The van der Waals surface area contributed by atoms with Crippen LogP contribution in [0, 0.1) is 12.7 Å². The van der Waals surface area contributed by atoms with Crippen molar-refractivity contribution in [2.75, 3.05) is 5.32 Å². The van der Waals surface area contributed by atoms with Gasteiger partial charge >= 0.3 is 0 Å². The van der Waals surface area contributed by atoms with E-state index in [9.17, 15) is 4.39 Å². The van der Waals surface area contributed by atoms with Crippen molar-refractivity contribution >= 4 is 5.69 Å². The first kappa shape index (κ1) is 10.7. The van der Waals surface area contributed by atoms with Crippen molar-refractivity contribution in [1.82, 2.24) is 9.55 Å². The van der Waals surface area contributed by atoms with Crippen LogP contribution in [0.4, 0.5) is 10.1 Å². The Hall–Kier alpha value is -1.84. The molecule has 1 aromatic carbocycles. The first-order chi connectivity index (χ1) is 7.66. The number of hydrogen-bond donors (Lipinski definition) is 1. The molecule has 1 aromatic heterocycles. The minimum absolute atomic E-state index is 0.229. The Kier molecular flexibility index (Phi) is 2.90. The molecule has 0 saturated carbocycles. The van der Waals surface area contributed by atoms with Crippen LogP contribution < -0.4 is 5.32 Å². The van der Waals surface area contributed by atoms with E-state index in [1.807, 2.05) is 24.7 Å². The zero-order valence-electron chi connectivity index (χ0n) is 9.37. The monoisotopic (exact) mass is 219 g/mol. The summed E-state index contributed by atoms with van der Waals surface area (Å²) in [4.78, 5) is 4.19. The summed E-state index contributed by atoms with van der Waals surface area (Å²) in [5.74, 6) is 0.691. The van der Waals surface area contributed by atoms with Crippen molar-refractivity contribution in [3.63, 3.8) is 0 Å². The highest BCUT2D eigenvalue weighted by Gasteiger charge is 2.02. The molecule has 0 unspecified atom stereocenters. The van der Waals surface area contributed by atoms with Gasteiger partial charge in [-0.1, -0.05) is 6.07 Å². The second-order valence-electron chi connectivity index (χ2n) is 3.77. The molecule has 0 atom stereocenters. The van der Waals surface area contributed by atoms with Crippen molar-refractivity contribution in [1.29, 1.82) is 0 Å². The summed E-state index contributed by atoms with van der Waals surface area (Å²) in [6.45, 7) is 2.54. The molecule has 2 rings (SSSR count). The van der Waals surface area contributed by atoms with Gasteiger partial charge in [0.25, 0.3) is 0 Å². The molecule has 0 aliphatic rings. The fraction of sp³-hybridized carbons (Fsp3) is 0.250. The fourth-order valence-corrected chi connectivity index (χ4v) is 1.53. The number of aromatic nitrogens is 2. The molecule has 4 heteroatoms. The first-order valence-corrected chi connectivity index (χ1v) is 5.13. The van der Waals surface area contributed by atoms with Crippen LogP contribution in [0.15, 0.2) is 30.6 Å². The Morgan fingerprint density at radius 2 is 2.25 bits per heavy atom. The summed E-state index contributed by atoms with van der Waals surface area (Å²) in [6.07, 6.45) is 3.63. The highest BCUT2D eigenvalue weighted by molar-refractivity contribution is 5.50. The standard InChI is InChI=1S/C12H14FN3/c1-9-3-4-10(13)7-11(9)15-8-12-14-5-6-16(12)2/h3-7,15H,8H2,1-2H3. The Labute approximate surface area is 93.9 Å². The van der Waals surface area contributed by atoms with E-state index in [1.54, 1.807) is 12.3 Å². The Balaban J connectivity index is 2.10. The molecule has 3 nitrogen and oxygen atoms in total. The van der Waals surface area contributed by atoms with Crippen LogP contribution in [0.5, 0.6) is 0 Å². The molecular formula is C12H14FN3. The minimum atomic E-state index is -0.229. The van der Waals surface area contributed by atoms with Crippen molar-refractivity contribution in [3.8, 4) is 0 Å². The molecule has 0 spiro atoms. The molecule has 0 amide bonds. The van der Waals surface area contributed by atoms with E-state index in [4.69, 9.17) is 0 Å². The Morgan fingerprint density at radius 1 is 1.44 bits per heavy atom. The highest BCUT2D eigenvalue weighted by atomic mass is 19.1. The van der Waals surface area contributed by atoms with E-state index in [0.717, 1.165) is 17.1 Å². The topological polar surface area (TPSA) is 29.9 Å². The van der Waals surface area contributed by atoms with Gasteiger partial charge in [0.05, 0.1) is 6.54 Å². The van der Waals surface area contributed by atoms with Crippen LogP contribution in [0.25, 0.3) is 0 Å². The number of anilines is 1. The van der Waals surface area contributed by atoms with Gasteiger partial charge in [0, 0.05) is 25.1 Å². The first-order valence-electron chi connectivity index (χ1n) is 5.13. The quantitative estimate of drug-likeness (QED) is 0.859. The predicted octanol–water partition coefficient (Wildman–Crippen LogP) is 2.48. The third kappa shape index (κ3) is 2.21. The van der Waals surface area contributed by atoms with E-state index < -0.39 is 0 Å². The third-order valence-electron chi connectivity index (χ3n) is 2.56. The summed E-state index contributed by atoms with van der Waals surface area (Å²) in [6, 6.07) is 4.72. The molecule has 0 aliphatic heterocycles. The van der Waals surface area contributed by atoms with Gasteiger partial charge < -0.3 is 9.88 Å². The number of aryl methyl sites for hydroxylation is 2. The zero-order chi connectivity index (χ0) is 11.5. The van der Waals surface area contributed by atoms with Crippen LogP contribution >= 0.6 is 0 Å². The van der Waals surface area contributed by atoms with Gasteiger partial charge in [-0.05, 0) is 24.6 Å². The molecule has 0 aliphatic carbocycles. The molecular weight excluding hydrogens is 205 g/mol. The maximum Gasteiger partial charge on any atom is 0.127 e. The molecule has 0 bridgehead atoms. The predicted molar refractivity (Wildman–Crippen MR) is 61.7 cm³/mol. The Bertz CT molecular complexity index is 491. The normalized spacial score (nSPS) is 10.4. The number of rotatable bonds is 3. The fourth-order valence-electron chi connectivity index (χ4n) is 1.53. The zero-order valence-corrected chi connectivity index (χ0v) is 9.37. The highest BCUT2D eigenvalue weighted by Crippen LogP contribution is 2.16. The summed E-state index contributed by atoms with van der Waals surface area (Å²) in [5.41, 5.74) is 1.83. The van der Waals surface area contributed by atoms with Crippen molar-refractivity contribution < 1.29 is 4.39 Å². The van der Waals surface area contributed by atoms with Crippen molar-refractivity contribution in [2.24, 2.45) is 7.05 Å². The average molecular weight is 219 g/mol. The molecule has 1 heterocycles. The van der Waals surface area contributed by atoms with Gasteiger partial charge in [-0.15, -0.1) is 0 Å². The number of halogens is 1. The number of imidazole rings is 1. The van der Waals surface area contributed by atoms with Crippen LogP contribution in [-0.2, 0) is 13.6 Å². The molecule has 0 fully saturated rings. The van der Waals surface area contributed by atoms with E-state index in [1.165, 1.54) is 12.1 Å². The molecule has 84 valence electrons. The van der Waals surface area contributed by atoms with E-state index in [0.29, 0.717) is 6.54 Å². The van der Waals surface area contributed by atoms with E-state index >= 15 is 0 Å². The summed E-state index contributed by atoms with van der Waals surface area (Å²) in [5, 5.41) is 3.17. The van der Waals surface area contributed by atoms with E-state index in [2.05, 4.69) is 10.3 Å². The van der Waals surface area contributed by atoms with Crippen LogP contribution in [0.2, 0.25) is 0 Å². The van der Waals surface area contributed by atoms with Gasteiger partial charge in [-0.3, -0.25) is 0 Å². The largest absolute Gasteiger partial charge is 0.378 e. The van der Waals surface area contributed by atoms with Gasteiger partial charge in [0.15, 0.2) is 0 Å². The Morgan fingerprint density at radius 3 is 2.94 bits per heavy atom. The van der Waals surface area contributed by atoms with Crippen molar-refractivity contribution in [3.05, 3.63) is 47.8 Å². The van der Waals surface area contributed by atoms with Crippen molar-refractivity contribution in [2.45, 2.75) is 13.5 Å². The summed E-state index contributed by atoms with van der Waals surface area (Å²) >= 11 is 0. The smallest absolute Gasteiger partial charge is 0.127 e. The van der Waals surface area contributed by atoms with Crippen LogP contribution in [0.1, 0.15) is 11.4 Å². The number of hydrogen-bond acceptors (Lipinski definition) is 2. The lowest BCUT2D eigenvalue weighted by Crippen LogP contribution is -2.06. The number of nitrogens with one attached hydrogen (secondary N) is 1. The molecule has 1 N–H and O–H groups in total. The summed E-state index contributed by atoms with van der Waals surface area (Å²) in [7, 11) is 1.93. The maximum atomic E-state index is 13.0. The second kappa shape index (κ2) is 4.35. The third-order valence-corrected chi connectivity index (χ3v) is 2.56. The van der Waals surface area contributed by atoms with Gasteiger partial charge in [-0.25, -0.2) is 9.37 Å². The summed E-state index contributed by atoms with van der Waals surface area (Å²) < 4.78 is 15.0. The van der Waals surface area contributed by atoms with E-state index in [-0.39, 0.29) is 5.82 Å². The van der Waals surface area contributed by atoms with Crippen LogP contribution in [-0.4, -0.2) is 9.55 Å². The minimum Gasteiger partial charge on any atom is -0.378 e. The van der Waals surface area contributed by atoms with Gasteiger partial charge in [0.1, 0.15) is 11.6 Å². The number of benzene rings is 1. The molecule has 2 aromatic rings. The lowest BCUT2D eigenvalue weighted by molar-refractivity contribution is 0.627. The average Bonchev–Trinajstić information content (AvgIpc) is 2.66. The molecule has 16 heavy (non-hydrogen) atoms. The molecule has 0 saturated heterocycles. The lowest BCUT2D eigenvalue weighted by Gasteiger charge is -2.09. The SMILES string of the molecule is Cc1ccc(F)cc1NCc1nccn1C. The van der Waals surface area contributed by atoms with Gasteiger partial charge in [0.2, 0.25) is 0 Å². The van der Waals surface area contributed by atoms with Crippen LogP contribution in [0.3, 0.4) is 0 Å². The maximum absolute atomic E-state index is 13.0. The second-order valence-corrected chi connectivity index (χ2v) is 3.77. The van der Waals surface area contributed by atoms with Gasteiger partial charge in [-0.2, -0.15) is 0 Å². The molecule has 0 radical (unpaired) electrons.